The molecule has 0 saturated carbocycles. The molecule has 6 atom stereocenters. The van der Waals surface area contributed by atoms with E-state index in [2.05, 4.69) is 15.0 Å². The molecule has 1 fully saturated rings. The normalized spacial score (nSPS) is 20.4. The maximum absolute atomic E-state index is 10.8. The molecule has 1 saturated heterocycles. The summed E-state index contributed by atoms with van der Waals surface area (Å²) in [6.45, 7) is 3.66. The molecule has 1 aliphatic heterocycles. The Morgan fingerprint density at radius 1 is 0.980 bits per heavy atom. The number of aromatic nitrogens is 4. The van der Waals surface area contributed by atoms with Crippen LogP contribution in [0.4, 0.5) is 5.82 Å². The summed E-state index contributed by atoms with van der Waals surface area (Å²) in [6.07, 6.45) is 1.31. The van der Waals surface area contributed by atoms with Gasteiger partial charge in [0.05, 0.1) is 22.4 Å². The number of fused-ring (bicyclic) bond motifs is 1. The predicted octanol–water partition coefficient (Wildman–Crippen LogP) is 0.219. The number of aliphatic hydroxyl groups is 2. The van der Waals surface area contributed by atoms with Crippen molar-refractivity contribution in [2.75, 3.05) is 23.5 Å². The summed E-state index contributed by atoms with van der Waals surface area (Å²) < 4.78 is 68.1. The fourth-order valence-corrected chi connectivity index (χ4v) is 6.99. The third-order valence-electron chi connectivity index (χ3n) is 7.17. The number of anilines is 1. The lowest BCUT2D eigenvalue weighted by Crippen LogP contribution is -2.37. The summed E-state index contributed by atoms with van der Waals surface area (Å²) in [6, 6.07) is 10.9. The average molecular weight is 743 g/mol. The highest BCUT2D eigenvalue weighted by molar-refractivity contribution is 7.96. The minimum Gasteiger partial charge on any atom is -0.744 e. The average Bonchev–Trinajstić information content (AvgIpc) is 3.57. The Kier molecular flexibility index (Phi) is 13.6. The van der Waals surface area contributed by atoms with E-state index in [-0.39, 0.29) is 26.5 Å². The number of aliphatic carboxylic acids is 1. The van der Waals surface area contributed by atoms with E-state index in [1.54, 1.807) is 24.3 Å². The molecule has 1 unspecified atom stereocenters. The van der Waals surface area contributed by atoms with Crippen molar-refractivity contribution in [1.29, 1.82) is 0 Å². The van der Waals surface area contributed by atoms with Gasteiger partial charge in [0.2, 0.25) is 0 Å². The number of rotatable bonds is 9. The third-order valence-corrected chi connectivity index (χ3v) is 10.7. The largest absolute Gasteiger partial charge is 0.744 e. The van der Waals surface area contributed by atoms with E-state index in [4.69, 9.17) is 25.9 Å². The number of ether oxygens (including phenoxy) is 1. The number of nitrogens with two attached hydrogens (primary N) is 2. The fraction of sp³-hybridized carbons (Fsp3) is 0.379. The van der Waals surface area contributed by atoms with Gasteiger partial charge in [-0.1, -0.05) is 35.4 Å². The molecule has 5 rings (SSSR count). The summed E-state index contributed by atoms with van der Waals surface area (Å²) in [5.74, 6) is 0.254. The number of aryl methyl sites for hydroxylation is 2. The van der Waals surface area contributed by atoms with Gasteiger partial charge in [-0.2, -0.15) is 8.42 Å². The molecular formula is C29H38N6O11S3. The third kappa shape index (κ3) is 11.1. The van der Waals surface area contributed by atoms with E-state index >= 15 is 0 Å². The number of carboxylic acids is 1. The van der Waals surface area contributed by atoms with E-state index in [0.717, 1.165) is 11.1 Å². The molecule has 20 heteroatoms. The molecule has 17 nitrogen and oxygen atoms in total. The van der Waals surface area contributed by atoms with Crippen LogP contribution in [-0.4, -0.2) is 109 Å². The molecule has 0 bridgehead atoms. The fourth-order valence-electron chi connectivity index (χ4n) is 4.38. The van der Waals surface area contributed by atoms with Gasteiger partial charge in [0, 0.05) is 6.42 Å². The van der Waals surface area contributed by atoms with Gasteiger partial charge in [0.15, 0.2) is 17.7 Å². The summed E-state index contributed by atoms with van der Waals surface area (Å²) in [4.78, 5) is 22.7. The summed E-state index contributed by atoms with van der Waals surface area (Å²) in [5.41, 5.74) is 14.0. The van der Waals surface area contributed by atoms with Crippen molar-refractivity contribution in [2.45, 2.75) is 60.6 Å². The monoisotopic (exact) mass is 742 g/mol. The van der Waals surface area contributed by atoms with Crippen LogP contribution in [0.5, 0.6) is 0 Å². The minimum atomic E-state index is -4.27. The lowest BCUT2D eigenvalue weighted by Gasteiger charge is -2.16. The van der Waals surface area contributed by atoms with Crippen LogP contribution < -0.4 is 11.5 Å². The van der Waals surface area contributed by atoms with Gasteiger partial charge in [0.25, 0.3) is 10.1 Å². The van der Waals surface area contributed by atoms with Crippen LogP contribution in [-0.2, 0) is 40.7 Å². The Balaban J connectivity index is 0.000000242. The molecular weight excluding hydrogens is 705 g/mol. The highest BCUT2D eigenvalue weighted by Crippen LogP contribution is 2.32. The number of hydrogen-bond donors (Lipinski definition) is 6. The van der Waals surface area contributed by atoms with E-state index in [0.29, 0.717) is 29.1 Å². The molecule has 1 aliphatic rings. The molecule has 0 radical (unpaired) electrons. The second kappa shape index (κ2) is 16.8. The molecule has 49 heavy (non-hydrogen) atoms. The van der Waals surface area contributed by atoms with Gasteiger partial charge < -0.3 is 36.1 Å². The van der Waals surface area contributed by atoms with Crippen molar-refractivity contribution in [1.82, 2.24) is 19.5 Å². The van der Waals surface area contributed by atoms with Crippen molar-refractivity contribution >= 4 is 54.1 Å². The molecule has 0 aliphatic carbocycles. The first-order chi connectivity index (χ1) is 22.8. The summed E-state index contributed by atoms with van der Waals surface area (Å²) >= 11 is 0. The first-order valence-corrected chi connectivity index (χ1v) is 19.2. The van der Waals surface area contributed by atoms with Crippen molar-refractivity contribution < 1.29 is 50.8 Å². The molecule has 2 aromatic carbocycles. The zero-order valence-corrected chi connectivity index (χ0v) is 29.0. The van der Waals surface area contributed by atoms with E-state index in [1.165, 1.54) is 41.5 Å². The SMILES string of the molecule is C[S+](CC[C@H](N)C(=O)O)C[C@H]1O[C@@H](n2cnc3c(N)ncnc32)[C@H](O)[C@@H]1O.Cc1ccc(S(=O)(=O)O)cc1.Cc1ccc(S(=O)(=O)[O-])cc1. The first-order valence-electron chi connectivity index (χ1n) is 14.4. The zero-order valence-electron chi connectivity index (χ0n) is 26.6. The standard InChI is InChI=1S/C15H22N6O5S.2C7H8O3S/c1-27(3-2-7(16)15(24)25)4-8-10(22)11(23)14(26-8)21-6-20-9-12(17)18-5-19-13(9)21;2*1-6-2-4-7(5-3-6)11(8,9)10/h5-8,10-11,14,22-23H,2-4,16H2,1H3,(H2-,17,18,19,24,25);2*2-5H,1H3,(H,8,9,10)/t7-,8+,10+,11+,14+,27?;;/m0../s1. The number of imidazole rings is 1. The van der Waals surface area contributed by atoms with Crippen LogP contribution in [0, 0.1) is 13.8 Å². The number of aliphatic hydroxyl groups excluding tert-OH is 2. The number of carboxylic acid groups (broad SMARTS) is 1. The van der Waals surface area contributed by atoms with Crippen LogP contribution >= 0.6 is 0 Å². The van der Waals surface area contributed by atoms with Gasteiger partial charge in [-0.3, -0.25) is 13.9 Å². The van der Waals surface area contributed by atoms with Crippen LogP contribution in [0.15, 0.2) is 71.0 Å². The lowest BCUT2D eigenvalue weighted by molar-refractivity contribution is -0.138. The molecule has 4 aromatic rings. The van der Waals surface area contributed by atoms with Crippen molar-refractivity contribution in [3.63, 3.8) is 0 Å². The quantitative estimate of drug-likeness (QED) is 0.0987. The van der Waals surface area contributed by atoms with Gasteiger partial charge in [0.1, 0.15) is 57.8 Å². The lowest BCUT2D eigenvalue weighted by atomic mass is 10.1. The Labute approximate surface area is 285 Å². The molecule has 268 valence electrons. The van der Waals surface area contributed by atoms with Gasteiger partial charge in [-0.05, 0) is 49.0 Å². The zero-order chi connectivity index (χ0) is 36.7. The van der Waals surface area contributed by atoms with Crippen molar-refractivity contribution in [3.05, 3.63) is 72.3 Å². The van der Waals surface area contributed by atoms with E-state index in [1.807, 2.05) is 20.1 Å². The van der Waals surface area contributed by atoms with Gasteiger partial charge >= 0.3 is 5.97 Å². The molecule has 0 spiro atoms. The van der Waals surface area contributed by atoms with Crippen molar-refractivity contribution in [2.24, 2.45) is 5.73 Å². The highest BCUT2D eigenvalue weighted by atomic mass is 32.2. The second-order valence-electron chi connectivity index (χ2n) is 11.1. The maximum atomic E-state index is 10.8. The van der Waals surface area contributed by atoms with Crippen LogP contribution in [0.1, 0.15) is 23.8 Å². The molecule has 8 N–H and O–H groups in total. The predicted molar refractivity (Wildman–Crippen MR) is 179 cm³/mol. The van der Waals surface area contributed by atoms with E-state index < -0.39 is 56.8 Å². The van der Waals surface area contributed by atoms with Gasteiger partial charge in [-0.25, -0.2) is 23.4 Å². The molecule has 2 aromatic heterocycles. The van der Waals surface area contributed by atoms with E-state index in [9.17, 15) is 36.4 Å². The topological polar surface area (TPSA) is 294 Å². The summed E-state index contributed by atoms with van der Waals surface area (Å²) in [7, 11) is -8.52. The Bertz CT molecular complexity index is 1850. The Morgan fingerprint density at radius 3 is 2.04 bits per heavy atom. The van der Waals surface area contributed by atoms with Gasteiger partial charge in [-0.15, -0.1) is 0 Å². The Morgan fingerprint density at radius 2 is 1.53 bits per heavy atom. The smallest absolute Gasteiger partial charge is 0.320 e. The molecule has 3 heterocycles. The molecule has 0 amide bonds. The maximum Gasteiger partial charge on any atom is 0.320 e. The number of hydrogen-bond acceptors (Lipinski definition) is 14. The van der Waals surface area contributed by atoms with Crippen LogP contribution in [0.2, 0.25) is 0 Å². The minimum absolute atomic E-state index is 0.0666. The summed E-state index contributed by atoms with van der Waals surface area (Å²) in [5, 5.41) is 29.7. The number of nitrogens with zero attached hydrogens (tertiary/aromatic N) is 4. The highest BCUT2D eigenvalue weighted by Gasteiger charge is 2.46. The number of nitrogen functional groups attached to an aromatic ring is 1. The first kappa shape index (κ1) is 39.7. The van der Waals surface area contributed by atoms with Crippen LogP contribution in [0.3, 0.4) is 0 Å². The Hall–Kier alpha value is -3.73. The number of carbonyl (C=O) groups is 1. The van der Waals surface area contributed by atoms with Crippen molar-refractivity contribution in [3.8, 4) is 0 Å². The van der Waals surface area contributed by atoms with Crippen LogP contribution in [0.25, 0.3) is 11.2 Å². The number of benzene rings is 2. The second-order valence-corrected chi connectivity index (χ2v) is 16.2.